The maximum atomic E-state index is 12.8. The zero-order valence-corrected chi connectivity index (χ0v) is 9.10. The minimum absolute atomic E-state index is 0.213. The van der Waals surface area contributed by atoms with Crippen molar-refractivity contribution in [2.75, 3.05) is 0 Å². The van der Waals surface area contributed by atoms with Crippen LogP contribution in [-0.4, -0.2) is 21.3 Å². The van der Waals surface area contributed by atoms with Crippen molar-refractivity contribution in [3.8, 4) is 0 Å². The van der Waals surface area contributed by atoms with Gasteiger partial charge < -0.3 is 0 Å². The molecule has 2 nitrogen and oxygen atoms in total. The Hall–Kier alpha value is -0.510. The van der Waals surface area contributed by atoms with E-state index in [9.17, 15) is 8.60 Å². The molecule has 2 atom stereocenters. The summed E-state index contributed by atoms with van der Waals surface area (Å²) in [5.74, 6) is 0. The van der Waals surface area contributed by atoms with Crippen LogP contribution in [0.1, 0.15) is 27.2 Å². The summed E-state index contributed by atoms with van der Waals surface area (Å²) in [7, 11) is -1.37. The first-order valence-corrected chi connectivity index (χ1v) is 5.19. The normalized spacial score (nSPS) is 17.2. The molecule has 0 saturated heterocycles. The third-order valence-corrected chi connectivity index (χ3v) is 2.59. The van der Waals surface area contributed by atoms with Crippen molar-refractivity contribution in [2.45, 2.75) is 38.1 Å². The third kappa shape index (κ3) is 5.69. The highest BCUT2D eigenvalue weighted by Crippen LogP contribution is 2.12. The molecule has 0 saturated carbocycles. The molecule has 13 heavy (non-hydrogen) atoms. The fourth-order valence-electron chi connectivity index (χ4n) is 0.500. The molecular formula is C9H16FNOS. The molecule has 0 aliphatic heterocycles. The molecule has 0 aromatic carbocycles. The van der Waals surface area contributed by atoms with E-state index in [2.05, 4.69) is 11.0 Å². The van der Waals surface area contributed by atoms with Crippen molar-refractivity contribution in [1.29, 1.82) is 0 Å². The van der Waals surface area contributed by atoms with Crippen LogP contribution in [0.4, 0.5) is 4.39 Å². The number of hydrogen-bond acceptors (Lipinski definition) is 1. The Morgan fingerprint density at radius 2 is 2.15 bits per heavy atom. The van der Waals surface area contributed by atoms with Crippen LogP contribution in [0.3, 0.4) is 0 Å². The standard InChI is InChI=1S/C9H16FNOS/c1-5-6-8(10)7-11-13(12)9(2,3)4/h5,7-8H,1,6H2,2-4H3/b11-7+/t8-,13-/m1/s1. The molecule has 0 aromatic rings. The van der Waals surface area contributed by atoms with E-state index in [1.165, 1.54) is 6.08 Å². The molecule has 0 radical (unpaired) electrons. The van der Waals surface area contributed by atoms with Crippen LogP contribution in [0, 0.1) is 0 Å². The highest BCUT2D eigenvalue weighted by molar-refractivity contribution is 7.85. The van der Waals surface area contributed by atoms with Gasteiger partial charge in [0.2, 0.25) is 0 Å². The molecule has 0 aliphatic rings. The first-order valence-electron chi connectivity index (χ1n) is 4.09. The second-order valence-corrected chi connectivity index (χ2v) is 5.59. The summed E-state index contributed by atoms with van der Waals surface area (Å²) in [6, 6.07) is 0. The van der Waals surface area contributed by atoms with E-state index in [0.29, 0.717) is 0 Å². The van der Waals surface area contributed by atoms with E-state index in [0.717, 1.165) is 6.21 Å². The fraction of sp³-hybridized carbons (Fsp3) is 0.667. The molecule has 0 N–H and O–H groups in total. The Labute approximate surface area is 81.5 Å². The summed E-state index contributed by atoms with van der Waals surface area (Å²) < 4.78 is 27.3. The molecule has 0 aliphatic carbocycles. The summed E-state index contributed by atoms with van der Waals surface area (Å²) in [4.78, 5) is 0. The quantitative estimate of drug-likeness (QED) is 0.512. The maximum absolute atomic E-state index is 12.8. The Kier molecular flexibility index (Phi) is 5.06. The third-order valence-electron chi connectivity index (χ3n) is 1.23. The van der Waals surface area contributed by atoms with Crippen molar-refractivity contribution in [1.82, 2.24) is 0 Å². The number of halogens is 1. The number of rotatable bonds is 4. The Bertz CT molecular complexity index is 220. The number of nitrogens with zero attached hydrogens (tertiary/aromatic N) is 1. The van der Waals surface area contributed by atoms with Crippen LogP contribution in [0.25, 0.3) is 0 Å². The lowest BCUT2D eigenvalue weighted by Crippen LogP contribution is -2.20. The molecule has 0 bridgehead atoms. The van der Waals surface area contributed by atoms with E-state index < -0.39 is 21.9 Å². The molecule has 0 fully saturated rings. The zero-order chi connectivity index (χ0) is 10.5. The smallest absolute Gasteiger partial charge is 0.144 e. The van der Waals surface area contributed by atoms with Gasteiger partial charge >= 0.3 is 0 Å². The van der Waals surface area contributed by atoms with Gasteiger partial charge in [0.25, 0.3) is 0 Å². The Morgan fingerprint density at radius 3 is 2.54 bits per heavy atom. The van der Waals surface area contributed by atoms with Gasteiger partial charge in [-0.1, -0.05) is 6.08 Å². The predicted molar refractivity (Wildman–Crippen MR) is 56.1 cm³/mol. The van der Waals surface area contributed by atoms with Gasteiger partial charge in [0, 0.05) is 12.6 Å². The molecule has 0 amide bonds. The molecular weight excluding hydrogens is 189 g/mol. The summed E-state index contributed by atoms with van der Waals surface area (Å²) in [6.45, 7) is 8.78. The Balaban J connectivity index is 4.12. The molecule has 0 aromatic heterocycles. The van der Waals surface area contributed by atoms with Crippen LogP contribution >= 0.6 is 0 Å². The van der Waals surface area contributed by atoms with Crippen molar-refractivity contribution in [2.24, 2.45) is 4.40 Å². The summed E-state index contributed by atoms with van der Waals surface area (Å²) in [6.07, 6.45) is 1.59. The largest absolute Gasteiger partial charge is 0.241 e. The van der Waals surface area contributed by atoms with Crippen molar-refractivity contribution >= 4 is 17.2 Å². The monoisotopic (exact) mass is 205 g/mol. The topological polar surface area (TPSA) is 29.4 Å². The van der Waals surface area contributed by atoms with Crippen LogP contribution in [0.5, 0.6) is 0 Å². The summed E-state index contributed by atoms with van der Waals surface area (Å²) in [5, 5.41) is 0. The fourth-order valence-corrected chi connectivity index (χ4v) is 1.06. The summed E-state index contributed by atoms with van der Waals surface area (Å²) in [5.41, 5.74) is 0. The lowest BCUT2D eigenvalue weighted by atomic mass is 10.3. The van der Waals surface area contributed by atoms with Gasteiger partial charge in [-0.3, -0.25) is 0 Å². The van der Waals surface area contributed by atoms with Crippen molar-refractivity contribution in [3.63, 3.8) is 0 Å². The average molecular weight is 205 g/mol. The molecule has 4 heteroatoms. The van der Waals surface area contributed by atoms with Gasteiger partial charge in [-0.15, -0.1) is 6.58 Å². The minimum atomic E-state index is -1.37. The van der Waals surface area contributed by atoms with Gasteiger partial charge in [0.05, 0.1) is 4.75 Å². The Morgan fingerprint density at radius 1 is 1.62 bits per heavy atom. The SMILES string of the molecule is C=CC[C@@H](F)/C=N/[S@](=O)C(C)(C)C. The first-order chi connectivity index (χ1) is 5.88. The van der Waals surface area contributed by atoms with E-state index in [1.54, 1.807) is 20.8 Å². The second-order valence-electron chi connectivity index (χ2n) is 3.66. The van der Waals surface area contributed by atoms with Gasteiger partial charge in [-0.05, 0) is 20.8 Å². The average Bonchev–Trinajstić information content (AvgIpc) is 1.99. The highest BCUT2D eigenvalue weighted by atomic mass is 32.2. The maximum Gasteiger partial charge on any atom is 0.144 e. The van der Waals surface area contributed by atoms with Crippen LogP contribution in [0.2, 0.25) is 0 Å². The molecule has 0 rings (SSSR count). The van der Waals surface area contributed by atoms with Crippen LogP contribution < -0.4 is 0 Å². The van der Waals surface area contributed by atoms with E-state index >= 15 is 0 Å². The predicted octanol–water partition coefficient (Wildman–Crippen LogP) is 2.43. The highest BCUT2D eigenvalue weighted by Gasteiger charge is 2.18. The van der Waals surface area contributed by atoms with E-state index in [4.69, 9.17) is 0 Å². The number of alkyl halides is 1. The number of allylic oxidation sites excluding steroid dienone is 1. The van der Waals surface area contributed by atoms with Crippen molar-refractivity contribution in [3.05, 3.63) is 12.7 Å². The van der Waals surface area contributed by atoms with Crippen LogP contribution in [-0.2, 0) is 11.0 Å². The van der Waals surface area contributed by atoms with E-state index in [-0.39, 0.29) is 6.42 Å². The lowest BCUT2D eigenvalue weighted by Gasteiger charge is -2.12. The molecule has 0 unspecified atom stereocenters. The van der Waals surface area contributed by atoms with Gasteiger partial charge in [0.1, 0.15) is 17.2 Å². The molecule has 0 spiro atoms. The number of hydrogen-bond donors (Lipinski definition) is 0. The van der Waals surface area contributed by atoms with Gasteiger partial charge in [0.15, 0.2) is 0 Å². The van der Waals surface area contributed by atoms with Crippen molar-refractivity contribution < 1.29 is 8.60 Å². The van der Waals surface area contributed by atoms with Gasteiger partial charge in [-0.2, -0.15) is 4.40 Å². The lowest BCUT2D eigenvalue weighted by molar-refractivity contribution is 0.435. The molecule has 0 heterocycles. The van der Waals surface area contributed by atoms with Gasteiger partial charge in [-0.25, -0.2) is 8.60 Å². The second kappa shape index (κ2) is 5.27. The first kappa shape index (κ1) is 12.5. The minimum Gasteiger partial charge on any atom is -0.241 e. The zero-order valence-electron chi connectivity index (χ0n) is 8.29. The van der Waals surface area contributed by atoms with Crippen LogP contribution in [0.15, 0.2) is 17.1 Å². The molecule has 76 valence electrons. The summed E-state index contributed by atoms with van der Waals surface area (Å²) >= 11 is 0. The van der Waals surface area contributed by atoms with E-state index in [1.807, 2.05) is 0 Å².